The van der Waals surface area contributed by atoms with Gasteiger partial charge in [-0.05, 0) is 48.9 Å². The monoisotopic (exact) mass is 404 g/mol. The molecule has 28 heavy (non-hydrogen) atoms. The molecule has 0 atom stereocenters. The number of carbonyl (C=O) groups is 2. The van der Waals surface area contributed by atoms with Crippen LogP contribution in [-0.2, 0) is 26.1 Å². The molecule has 0 aliphatic heterocycles. The van der Waals surface area contributed by atoms with Crippen LogP contribution >= 0.6 is 0 Å². The molecule has 2 rings (SSSR count). The van der Waals surface area contributed by atoms with Crippen molar-refractivity contribution in [1.82, 2.24) is 4.72 Å². The van der Waals surface area contributed by atoms with E-state index < -0.39 is 16.0 Å². The van der Waals surface area contributed by atoms with Gasteiger partial charge >= 0.3 is 5.97 Å². The number of esters is 1. The summed E-state index contributed by atoms with van der Waals surface area (Å²) in [7, 11) is -3.73. The van der Waals surface area contributed by atoms with E-state index in [1.165, 1.54) is 24.3 Å². The molecule has 0 spiro atoms. The van der Waals surface area contributed by atoms with Gasteiger partial charge in [0.05, 0.1) is 17.1 Å². The Hall–Kier alpha value is -2.71. The maximum Gasteiger partial charge on any atom is 0.338 e. The van der Waals surface area contributed by atoms with Gasteiger partial charge in [0.2, 0.25) is 15.9 Å². The molecular weight excluding hydrogens is 380 g/mol. The third-order valence-electron chi connectivity index (χ3n) is 3.89. The van der Waals surface area contributed by atoms with Gasteiger partial charge in [-0.1, -0.05) is 26.0 Å². The lowest BCUT2D eigenvalue weighted by atomic mass is 10.2. The normalized spacial score (nSPS) is 11.3. The minimum Gasteiger partial charge on any atom is -0.462 e. The largest absolute Gasteiger partial charge is 0.462 e. The van der Waals surface area contributed by atoms with Gasteiger partial charge in [-0.3, -0.25) is 4.79 Å². The van der Waals surface area contributed by atoms with Crippen molar-refractivity contribution < 1.29 is 22.7 Å². The van der Waals surface area contributed by atoms with Crippen LogP contribution in [0.3, 0.4) is 0 Å². The number of nitrogens with one attached hydrogen (secondary N) is 2. The number of rotatable bonds is 8. The smallest absolute Gasteiger partial charge is 0.338 e. The highest BCUT2D eigenvalue weighted by Gasteiger charge is 2.15. The summed E-state index contributed by atoms with van der Waals surface area (Å²) in [5, 5.41) is 2.77. The fraction of sp³-hybridized carbons (Fsp3) is 0.300. The summed E-state index contributed by atoms with van der Waals surface area (Å²) in [6.45, 7) is 5.65. The molecule has 0 aromatic heterocycles. The van der Waals surface area contributed by atoms with Gasteiger partial charge in [0, 0.05) is 18.2 Å². The molecule has 8 heteroatoms. The highest BCUT2D eigenvalue weighted by atomic mass is 32.2. The van der Waals surface area contributed by atoms with E-state index in [1.807, 2.05) is 0 Å². The van der Waals surface area contributed by atoms with Crippen molar-refractivity contribution in [2.45, 2.75) is 32.2 Å². The van der Waals surface area contributed by atoms with E-state index in [9.17, 15) is 18.0 Å². The molecule has 0 saturated carbocycles. The quantitative estimate of drug-likeness (QED) is 0.659. The van der Waals surface area contributed by atoms with E-state index in [1.54, 1.807) is 45.0 Å². The Labute approximate surface area is 165 Å². The van der Waals surface area contributed by atoms with Gasteiger partial charge in [-0.15, -0.1) is 0 Å². The number of benzene rings is 2. The Bertz CT molecular complexity index is 920. The van der Waals surface area contributed by atoms with Gasteiger partial charge in [-0.2, -0.15) is 0 Å². The second-order valence-electron chi connectivity index (χ2n) is 6.41. The first-order valence-corrected chi connectivity index (χ1v) is 10.4. The van der Waals surface area contributed by atoms with Crippen molar-refractivity contribution >= 4 is 27.6 Å². The number of amides is 1. The summed E-state index contributed by atoms with van der Waals surface area (Å²) in [6.07, 6.45) is 0. The van der Waals surface area contributed by atoms with Gasteiger partial charge in [0.1, 0.15) is 0 Å². The molecular formula is C20H24N2O5S. The maximum atomic E-state index is 12.4. The predicted molar refractivity (Wildman–Crippen MR) is 106 cm³/mol. The molecule has 0 saturated heterocycles. The lowest BCUT2D eigenvalue weighted by Gasteiger charge is -2.10. The Morgan fingerprint density at radius 2 is 1.61 bits per heavy atom. The maximum absolute atomic E-state index is 12.4. The van der Waals surface area contributed by atoms with E-state index in [-0.39, 0.29) is 29.9 Å². The van der Waals surface area contributed by atoms with Crippen LogP contribution in [0.2, 0.25) is 0 Å². The van der Waals surface area contributed by atoms with Gasteiger partial charge < -0.3 is 10.1 Å². The molecule has 0 bridgehead atoms. The summed E-state index contributed by atoms with van der Waals surface area (Å²) in [5.41, 5.74) is 1.69. The molecule has 2 N–H and O–H groups in total. The van der Waals surface area contributed by atoms with Crippen LogP contribution < -0.4 is 10.0 Å². The van der Waals surface area contributed by atoms with Crippen molar-refractivity contribution in [1.29, 1.82) is 0 Å². The molecule has 7 nitrogen and oxygen atoms in total. The van der Waals surface area contributed by atoms with Crippen LogP contribution in [-0.4, -0.2) is 26.9 Å². The number of sulfonamides is 1. The number of hydrogen-bond donors (Lipinski definition) is 2. The second kappa shape index (κ2) is 9.48. The van der Waals surface area contributed by atoms with Crippen LogP contribution in [0, 0.1) is 5.92 Å². The third-order valence-corrected chi connectivity index (χ3v) is 5.31. The van der Waals surface area contributed by atoms with Crippen molar-refractivity contribution in [2.24, 2.45) is 5.92 Å². The molecule has 2 aromatic rings. The fourth-order valence-electron chi connectivity index (χ4n) is 2.24. The van der Waals surface area contributed by atoms with Crippen molar-refractivity contribution in [3.63, 3.8) is 0 Å². The predicted octanol–water partition coefficient (Wildman–Crippen LogP) is 2.94. The van der Waals surface area contributed by atoms with E-state index in [0.29, 0.717) is 11.3 Å². The molecule has 0 fully saturated rings. The van der Waals surface area contributed by atoms with Crippen molar-refractivity contribution in [3.05, 3.63) is 59.7 Å². The van der Waals surface area contributed by atoms with Crippen molar-refractivity contribution in [2.75, 3.05) is 11.9 Å². The minimum absolute atomic E-state index is 0.0568. The van der Waals surface area contributed by atoms with Gasteiger partial charge in [0.25, 0.3) is 0 Å². The van der Waals surface area contributed by atoms with Crippen molar-refractivity contribution in [3.8, 4) is 0 Å². The topological polar surface area (TPSA) is 102 Å². The Balaban J connectivity index is 1.99. The Morgan fingerprint density at radius 3 is 2.14 bits per heavy atom. The first kappa shape index (κ1) is 21.6. The fourth-order valence-corrected chi connectivity index (χ4v) is 3.26. The summed E-state index contributed by atoms with van der Waals surface area (Å²) in [6, 6.07) is 12.5. The van der Waals surface area contributed by atoms with Crippen LogP contribution in [0.5, 0.6) is 0 Å². The number of hydrogen-bond acceptors (Lipinski definition) is 5. The summed E-state index contributed by atoms with van der Waals surface area (Å²) in [5.74, 6) is -0.703. The summed E-state index contributed by atoms with van der Waals surface area (Å²) in [4.78, 5) is 23.4. The first-order valence-electron chi connectivity index (χ1n) is 8.89. The summed E-state index contributed by atoms with van der Waals surface area (Å²) >= 11 is 0. The van der Waals surface area contributed by atoms with Crippen LogP contribution in [0.15, 0.2) is 53.4 Å². The standard InChI is InChI=1S/C20H24N2O5S/c1-4-27-20(24)16-7-11-18(12-8-16)28(25,26)21-13-15-5-9-17(10-6-15)22-19(23)14(2)3/h5-12,14,21H,4,13H2,1-3H3,(H,22,23). The second-order valence-corrected chi connectivity index (χ2v) is 8.18. The van der Waals surface area contributed by atoms with E-state index in [2.05, 4.69) is 10.0 Å². The zero-order valence-corrected chi connectivity index (χ0v) is 16.9. The average Bonchev–Trinajstić information content (AvgIpc) is 2.67. The number of carbonyl (C=O) groups excluding carboxylic acids is 2. The molecule has 0 aliphatic rings. The number of anilines is 1. The van der Waals surface area contributed by atoms with E-state index >= 15 is 0 Å². The zero-order chi connectivity index (χ0) is 20.7. The molecule has 1 amide bonds. The lowest BCUT2D eigenvalue weighted by Crippen LogP contribution is -2.23. The van der Waals surface area contributed by atoms with Gasteiger partial charge in [0.15, 0.2) is 0 Å². The first-order chi connectivity index (χ1) is 13.2. The molecule has 150 valence electrons. The third kappa shape index (κ3) is 5.90. The SMILES string of the molecule is CCOC(=O)c1ccc(S(=O)(=O)NCc2ccc(NC(=O)C(C)C)cc2)cc1. The average molecular weight is 404 g/mol. The Kier molecular flexibility index (Phi) is 7.31. The van der Waals surface area contributed by atoms with Crippen LogP contribution in [0.1, 0.15) is 36.7 Å². The minimum atomic E-state index is -3.73. The van der Waals surface area contributed by atoms with Crippen LogP contribution in [0.4, 0.5) is 5.69 Å². The molecule has 2 aromatic carbocycles. The van der Waals surface area contributed by atoms with E-state index in [4.69, 9.17) is 4.74 Å². The summed E-state index contributed by atoms with van der Waals surface area (Å²) < 4.78 is 32.2. The molecule has 0 heterocycles. The zero-order valence-electron chi connectivity index (χ0n) is 16.1. The van der Waals surface area contributed by atoms with Crippen LogP contribution in [0.25, 0.3) is 0 Å². The number of ether oxygens (including phenoxy) is 1. The molecule has 0 radical (unpaired) electrons. The molecule has 0 unspecified atom stereocenters. The molecule has 0 aliphatic carbocycles. The Morgan fingerprint density at radius 1 is 1.00 bits per heavy atom. The highest BCUT2D eigenvalue weighted by molar-refractivity contribution is 7.89. The van der Waals surface area contributed by atoms with Gasteiger partial charge in [-0.25, -0.2) is 17.9 Å². The highest BCUT2D eigenvalue weighted by Crippen LogP contribution is 2.14. The van der Waals surface area contributed by atoms with E-state index in [0.717, 1.165) is 5.56 Å². The lowest BCUT2D eigenvalue weighted by molar-refractivity contribution is -0.118.